The molecule has 0 unspecified atom stereocenters. The molecule has 5 heteroatoms. The summed E-state index contributed by atoms with van der Waals surface area (Å²) in [6.07, 6.45) is 4.94. The Bertz CT molecular complexity index is 703. The highest BCUT2D eigenvalue weighted by Crippen LogP contribution is 2.24. The zero-order valence-corrected chi connectivity index (χ0v) is 13.8. The van der Waals surface area contributed by atoms with E-state index in [2.05, 4.69) is 4.98 Å². The monoisotopic (exact) mass is 323 g/mol. The molecule has 124 valence electrons. The van der Waals surface area contributed by atoms with Gasteiger partial charge in [0.15, 0.2) is 0 Å². The van der Waals surface area contributed by atoms with E-state index < -0.39 is 0 Å². The normalized spacial score (nSPS) is 16.9. The number of carbonyl (C=O) groups excluding carboxylic acids is 2. The molecular formula is C19H21N3O2. The molecule has 2 heterocycles. The van der Waals surface area contributed by atoms with Crippen LogP contribution >= 0.6 is 0 Å². The van der Waals surface area contributed by atoms with Crippen molar-refractivity contribution in [2.45, 2.75) is 32.4 Å². The van der Waals surface area contributed by atoms with Crippen LogP contribution in [-0.4, -0.2) is 34.3 Å². The third kappa shape index (κ3) is 3.45. The summed E-state index contributed by atoms with van der Waals surface area (Å²) in [5.41, 5.74) is 1.85. The predicted molar refractivity (Wildman–Crippen MR) is 92.3 cm³/mol. The molecule has 24 heavy (non-hydrogen) atoms. The number of amides is 2. The second-order valence-corrected chi connectivity index (χ2v) is 5.99. The Morgan fingerprint density at radius 2 is 1.88 bits per heavy atom. The van der Waals surface area contributed by atoms with Gasteiger partial charge in [0.1, 0.15) is 6.04 Å². The van der Waals surface area contributed by atoms with Gasteiger partial charge in [-0.15, -0.1) is 0 Å². The van der Waals surface area contributed by atoms with Crippen molar-refractivity contribution < 1.29 is 9.59 Å². The number of hydrogen-bond acceptors (Lipinski definition) is 3. The van der Waals surface area contributed by atoms with E-state index in [1.54, 1.807) is 22.2 Å². The first-order valence-electron chi connectivity index (χ1n) is 8.19. The minimum absolute atomic E-state index is 0.0299. The van der Waals surface area contributed by atoms with Gasteiger partial charge in [-0.05, 0) is 30.5 Å². The van der Waals surface area contributed by atoms with Crippen molar-refractivity contribution >= 4 is 17.5 Å². The zero-order chi connectivity index (χ0) is 16.9. The Balaban J connectivity index is 1.89. The summed E-state index contributed by atoms with van der Waals surface area (Å²) in [5, 5.41) is 0. The number of aromatic nitrogens is 1. The first kappa shape index (κ1) is 16.2. The molecule has 0 bridgehead atoms. The molecule has 1 aliphatic heterocycles. The van der Waals surface area contributed by atoms with E-state index in [9.17, 15) is 9.59 Å². The topological polar surface area (TPSA) is 53.5 Å². The van der Waals surface area contributed by atoms with Crippen LogP contribution in [-0.2, 0) is 16.1 Å². The second-order valence-electron chi connectivity index (χ2n) is 5.99. The number of rotatable bonds is 4. The summed E-state index contributed by atoms with van der Waals surface area (Å²) in [4.78, 5) is 32.5. The summed E-state index contributed by atoms with van der Waals surface area (Å²) in [5.74, 6) is -0.0713. The van der Waals surface area contributed by atoms with Crippen molar-refractivity contribution in [1.29, 1.82) is 0 Å². The number of anilines is 1. The molecule has 1 aromatic carbocycles. The summed E-state index contributed by atoms with van der Waals surface area (Å²) < 4.78 is 0. The van der Waals surface area contributed by atoms with E-state index in [-0.39, 0.29) is 17.9 Å². The van der Waals surface area contributed by atoms with E-state index in [1.165, 1.54) is 6.92 Å². The Kier molecular flexibility index (Phi) is 4.89. The number of nitrogens with zero attached hydrogens (tertiary/aromatic N) is 3. The molecule has 0 aliphatic carbocycles. The quantitative estimate of drug-likeness (QED) is 0.869. The highest BCUT2D eigenvalue weighted by molar-refractivity contribution is 5.99. The van der Waals surface area contributed by atoms with Gasteiger partial charge < -0.3 is 9.80 Å². The van der Waals surface area contributed by atoms with Crippen LogP contribution in [0.2, 0.25) is 0 Å². The molecule has 5 nitrogen and oxygen atoms in total. The molecule has 3 rings (SSSR count). The second kappa shape index (κ2) is 7.25. The molecule has 0 saturated carbocycles. The van der Waals surface area contributed by atoms with Crippen LogP contribution in [0.1, 0.15) is 25.3 Å². The number of carbonyl (C=O) groups is 2. The Morgan fingerprint density at radius 1 is 1.17 bits per heavy atom. The van der Waals surface area contributed by atoms with E-state index in [0.717, 1.165) is 24.1 Å². The minimum atomic E-state index is -0.376. The van der Waals surface area contributed by atoms with Crippen LogP contribution in [0.25, 0.3) is 0 Å². The van der Waals surface area contributed by atoms with E-state index in [0.29, 0.717) is 13.1 Å². The molecular weight excluding hydrogens is 302 g/mol. The van der Waals surface area contributed by atoms with Crippen LogP contribution < -0.4 is 4.90 Å². The smallest absolute Gasteiger partial charge is 0.250 e. The lowest BCUT2D eigenvalue weighted by Crippen LogP contribution is -2.47. The van der Waals surface area contributed by atoms with Crippen LogP contribution in [0.3, 0.4) is 0 Å². The maximum Gasteiger partial charge on any atom is 0.250 e. The lowest BCUT2D eigenvalue weighted by Gasteiger charge is -2.30. The first-order chi connectivity index (χ1) is 11.7. The molecule has 2 amide bonds. The molecule has 1 aromatic heterocycles. The summed E-state index contributed by atoms with van der Waals surface area (Å²) in [6.45, 7) is 2.66. The molecule has 1 atom stereocenters. The molecule has 0 N–H and O–H groups in total. The molecule has 1 saturated heterocycles. The van der Waals surface area contributed by atoms with Gasteiger partial charge >= 0.3 is 0 Å². The largest absolute Gasteiger partial charge is 0.331 e. The third-order valence-electron chi connectivity index (χ3n) is 4.37. The van der Waals surface area contributed by atoms with Crippen molar-refractivity contribution in [2.24, 2.45) is 0 Å². The average molecular weight is 323 g/mol. The van der Waals surface area contributed by atoms with Gasteiger partial charge in [-0.3, -0.25) is 14.6 Å². The Labute approximate surface area is 141 Å². The summed E-state index contributed by atoms with van der Waals surface area (Å²) in [6, 6.07) is 13.2. The fraction of sp³-hybridized carbons (Fsp3) is 0.316. The van der Waals surface area contributed by atoms with Crippen molar-refractivity contribution in [1.82, 2.24) is 9.88 Å². The maximum atomic E-state index is 13.2. The molecule has 2 aromatic rings. The standard InChI is InChI=1S/C19H21N3O2/c1-15(23)21-13-5-8-18(21)19(24)22(17-9-11-20-12-10-17)14-16-6-3-2-4-7-16/h2-4,6-7,9-12,18H,5,8,13-14H2,1H3/t18-/m0/s1. The molecule has 1 aliphatic rings. The number of likely N-dealkylation sites (tertiary alicyclic amines) is 1. The van der Waals surface area contributed by atoms with Crippen molar-refractivity contribution in [2.75, 3.05) is 11.4 Å². The number of hydrogen-bond donors (Lipinski definition) is 0. The highest BCUT2D eigenvalue weighted by Gasteiger charge is 2.35. The van der Waals surface area contributed by atoms with E-state index in [1.807, 2.05) is 42.5 Å². The first-order valence-corrected chi connectivity index (χ1v) is 8.19. The van der Waals surface area contributed by atoms with Gasteiger partial charge in [-0.1, -0.05) is 30.3 Å². The third-order valence-corrected chi connectivity index (χ3v) is 4.37. The predicted octanol–water partition coefficient (Wildman–Crippen LogP) is 2.63. The van der Waals surface area contributed by atoms with Gasteiger partial charge in [0.05, 0.1) is 6.54 Å². The van der Waals surface area contributed by atoms with Crippen LogP contribution in [0, 0.1) is 0 Å². The fourth-order valence-electron chi connectivity index (χ4n) is 3.17. The van der Waals surface area contributed by atoms with Gasteiger partial charge in [0.2, 0.25) is 11.8 Å². The minimum Gasteiger partial charge on any atom is -0.331 e. The Hall–Kier alpha value is -2.69. The van der Waals surface area contributed by atoms with Crippen molar-refractivity contribution in [3.8, 4) is 0 Å². The number of pyridine rings is 1. The zero-order valence-electron chi connectivity index (χ0n) is 13.8. The van der Waals surface area contributed by atoms with Crippen LogP contribution in [0.15, 0.2) is 54.9 Å². The van der Waals surface area contributed by atoms with E-state index >= 15 is 0 Å². The van der Waals surface area contributed by atoms with E-state index in [4.69, 9.17) is 0 Å². The van der Waals surface area contributed by atoms with Gasteiger partial charge in [0.25, 0.3) is 0 Å². The average Bonchev–Trinajstić information content (AvgIpc) is 3.11. The molecule has 0 spiro atoms. The van der Waals surface area contributed by atoms with Gasteiger partial charge in [-0.25, -0.2) is 0 Å². The molecule has 1 fully saturated rings. The highest BCUT2D eigenvalue weighted by atomic mass is 16.2. The fourth-order valence-corrected chi connectivity index (χ4v) is 3.17. The van der Waals surface area contributed by atoms with Crippen LogP contribution in [0.5, 0.6) is 0 Å². The SMILES string of the molecule is CC(=O)N1CCC[C@H]1C(=O)N(Cc1ccccc1)c1ccncc1. The van der Waals surface area contributed by atoms with Crippen LogP contribution in [0.4, 0.5) is 5.69 Å². The lowest BCUT2D eigenvalue weighted by molar-refractivity contribution is -0.135. The summed E-state index contributed by atoms with van der Waals surface area (Å²) >= 11 is 0. The van der Waals surface area contributed by atoms with Crippen molar-refractivity contribution in [3.63, 3.8) is 0 Å². The summed E-state index contributed by atoms with van der Waals surface area (Å²) in [7, 11) is 0. The van der Waals surface area contributed by atoms with Crippen molar-refractivity contribution in [3.05, 3.63) is 60.4 Å². The van der Waals surface area contributed by atoms with Gasteiger partial charge in [-0.2, -0.15) is 0 Å². The van der Waals surface area contributed by atoms with Gasteiger partial charge in [0, 0.05) is 31.5 Å². The lowest BCUT2D eigenvalue weighted by atomic mass is 10.1. The Morgan fingerprint density at radius 3 is 2.54 bits per heavy atom. The maximum absolute atomic E-state index is 13.2. The number of benzene rings is 1. The molecule has 0 radical (unpaired) electrons.